The summed E-state index contributed by atoms with van der Waals surface area (Å²) >= 11 is 0. The third kappa shape index (κ3) is 2.58. The fourth-order valence-electron chi connectivity index (χ4n) is 1.39. The van der Waals surface area contributed by atoms with Crippen LogP contribution in [0.4, 0.5) is 0 Å². The second-order valence-electron chi connectivity index (χ2n) is 3.46. The van der Waals surface area contributed by atoms with Gasteiger partial charge in [0.05, 0.1) is 11.9 Å². The second kappa shape index (κ2) is 5.38. The predicted molar refractivity (Wildman–Crippen MR) is 66.8 cm³/mol. The van der Waals surface area contributed by atoms with E-state index in [1.54, 1.807) is 6.08 Å². The van der Waals surface area contributed by atoms with Crippen LogP contribution < -0.4 is 0 Å². The summed E-state index contributed by atoms with van der Waals surface area (Å²) in [5.41, 5.74) is 1.68. The number of nitrogens with zero attached hydrogens (tertiary/aromatic N) is 4. The predicted octanol–water partition coefficient (Wildman–Crippen LogP) is 2.39. The van der Waals surface area contributed by atoms with E-state index in [1.807, 2.05) is 48.5 Å². The lowest BCUT2D eigenvalue weighted by Gasteiger charge is -1.95. The minimum absolute atomic E-state index is 0.0488. The second-order valence-corrected chi connectivity index (χ2v) is 3.46. The molecule has 0 saturated carbocycles. The van der Waals surface area contributed by atoms with Crippen LogP contribution >= 0.6 is 0 Å². The lowest BCUT2D eigenvalue weighted by Crippen LogP contribution is -1.95. The summed E-state index contributed by atoms with van der Waals surface area (Å²) in [6.07, 6.45) is 5.10. The van der Waals surface area contributed by atoms with Crippen LogP contribution in [0.3, 0.4) is 0 Å². The largest absolute Gasteiger partial charge is 0.240 e. The molecule has 1 aromatic carbocycles. The van der Waals surface area contributed by atoms with E-state index in [2.05, 4.69) is 9.97 Å². The van der Waals surface area contributed by atoms with Gasteiger partial charge in [0, 0.05) is 0 Å². The summed E-state index contributed by atoms with van der Waals surface area (Å²) in [6, 6.07) is 13.4. The summed E-state index contributed by atoms with van der Waals surface area (Å²) in [6.45, 7) is 0. The maximum Gasteiger partial charge on any atom is 0.177 e. The molecule has 0 saturated heterocycles. The maximum absolute atomic E-state index is 8.83. The molecule has 2 aromatic rings. The molecule has 0 fully saturated rings. The zero-order valence-corrected chi connectivity index (χ0v) is 9.41. The highest BCUT2D eigenvalue weighted by Gasteiger charge is 2.04. The molecule has 2 rings (SSSR count). The molecule has 0 bridgehead atoms. The Morgan fingerprint density at radius 1 is 0.944 bits per heavy atom. The van der Waals surface area contributed by atoms with Crippen molar-refractivity contribution in [1.29, 1.82) is 10.5 Å². The third-order valence-corrected chi connectivity index (χ3v) is 2.25. The van der Waals surface area contributed by atoms with Crippen LogP contribution in [0.1, 0.15) is 22.6 Å². The summed E-state index contributed by atoms with van der Waals surface area (Å²) < 4.78 is 0. The fraction of sp³-hybridized carbons (Fsp3) is 0. The highest BCUT2D eigenvalue weighted by Crippen LogP contribution is 2.07. The first kappa shape index (κ1) is 11.5. The first-order valence-corrected chi connectivity index (χ1v) is 5.24. The van der Waals surface area contributed by atoms with Crippen molar-refractivity contribution in [3.63, 3.8) is 0 Å². The Kier molecular flexibility index (Phi) is 3.44. The van der Waals surface area contributed by atoms with E-state index in [-0.39, 0.29) is 11.4 Å². The Bertz CT molecular complexity index is 660. The van der Waals surface area contributed by atoms with Gasteiger partial charge in [-0.1, -0.05) is 36.4 Å². The van der Waals surface area contributed by atoms with Gasteiger partial charge in [0.25, 0.3) is 0 Å². The molecule has 1 heterocycles. The van der Waals surface area contributed by atoms with Crippen LogP contribution in [0.25, 0.3) is 12.2 Å². The van der Waals surface area contributed by atoms with Crippen LogP contribution in [0.15, 0.2) is 36.5 Å². The van der Waals surface area contributed by atoms with Crippen molar-refractivity contribution in [2.75, 3.05) is 0 Å². The summed E-state index contributed by atoms with van der Waals surface area (Å²) in [5, 5.41) is 17.6. The molecular weight excluding hydrogens is 224 g/mol. The Morgan fingerprint density at radius 2 is 1.67 bits per heavy atom. The summed E-state index contributed by atoms with van der Waals surface area (Å²) in [4.78, 5) is 7.93. The van der Waals surface area contributed by atoms with Gasteiger partial charge >= 0.3 is 0 Å². The molecule has 4 nitrogen and oxygen atoms in total. The standard InChI is InChI=1S/C14H8N4/c15-8-13-14(9-16)18-12(10-17-13)7-6-11-4-2-1-3-5-11/h1-7,10H/b7-6-. The molecule has 0 N–H and O–H groups in total. The highest BCUT2D eigenvalue weighted by atomic mass is 14.8. The number of benzene rings is 1. The molecule has 0 amide bonds. The molecule has 0 unspecified atom stereocenters. The Morgan fingerprint density at radius 3 is 2.33 bits per heavy atom. The van der Waals surface area contributed by atoms with E-state index in [0.29, 0.717) is 5.69 Å². The van der Waals surface area contributed by atoms with Gasteiger partial charge in [-0.2, -0.15) is 10.5 Å². The number of hydrogen-bond donors (Lipinski definition) is 0. The number of hydrogen-bond acceptors (Lipinski definition) is 4. The summed E-state index contributed by atoms with van der Waals surface area (Å²) in [5.74, 6) is 0. The van der Waals surface area contributed by atoms with Gasteiger partial charge in [0.2, 0.25) is 0 Å². The fourth-order valence-corrected chi connectivity index (χ4v) is 1.39. The van der Waals surface area contributed by atoms with Gasteiger partial charge in [-0.05, 0) is 11.6 Å². The van der Waals surface area contributed by atoms with Gasteiger partial charge in [-0.25, -0.2) is 9.97 Å². The van der Waals surface area contributed by atoms with Crippen molar-refractivity contribution in [3.05, 3.63) is 59.2 Å². The maximum atomic E-state index is 8.83. The molecule has 0 aliphatic heterocycles. The van der Waals surface area contributed by atoms with E-state index in [0.717, 1.165) is 5.56 Å². The SMILES string of the molecule is N#Cc1ncc(/C=C\c2ccccc2)nc1C#N. The minimum Gasteiger partial charge on any atom is -0.240 e. The van der Waals surface area contributed by atoms with Crippen molar-refractivity contribution in [3.8, 4) is 12.1 Å². The first-order valence-electron chi connectivity index (χ1n) is 5.24. The van der Waals surface area contributed by atoms with E-state index < -0.39 is 0 Å². The zero-order chi connectivity index (χ0) is 12.8. The molecule has 0 spiro atoms. The number of rotatable bonds is 2. The van der Waals surface area contributed by atoms with E-state index in [4.69, 9.17) is 10.5 Å². The molecule has 0 atom stereocenters. The zero-order valence-electron chi connectivity index (χ0n) is 9.41. The van der Waals surface area contributed by atoms with Gasteiger partial charge in [0.15, 0.2) is 11.4 Å². The van der Waals surface area contributed by atoms with E-state index in [9.17, 15) is 0 Å². The molecule has 1 aromatic heterocycles. The van der Waals surface area contributed by atoms with Crippen LogP contribution in [0, 0.1) is 22.7 Å². The normalized spacial score (nSPS) is 9.89. The Balaban J connectivity index is 2.29. The van der Waals surface area contributed by atoms with Crippen LogP contribution in [-0.2, 0) is 0 Å². The van der Waals surface area contributed by atoms with Crippen molar-refractivity contribution in [1.82, 2.24) is 9.97 Å². The smallest absolute Gasteiger partial charge is 0.177 e. The van der Waals surface area contributed by atoms with Crippen molar-refractivity contribution >= 4 is 12.2 Å². The molecule has 84 valence electrons. The molecule has 4 heteroatoms. The quantitative estimate of drug-likeness (QED) is 0.796. The van der Waals surface area contributed by atoms with Crippen LogP contribution in [0.5, 0.6) is 0 Å². The molecule has 0 aliphatic carbocycles. The average Bonchev–Trinajstić information content (AvgIpc) is 2.45. The average molecular weight is 232 g/mol. The topological polar surface area (TPSA) is 73.4 Å². The molecule has 0 aliphatic rings. The lowest BCUT2D eigenvalue weighted by atomic mass is 10.2. The third-order valence-electron chi connectivity index (χ3n) is 2.25. The monoisotopic (exact) mass is 232 g/mol. The van der Waals surface area contributed by atoms with Crippen molar-refractivity contribution < 1.29 is 0 Å². The minimum atomic E-state index is 0.0488. The van der Waals surface area contributed by atoms with Gasteiger partial charge in [-0.3, -0.25) is 0 Å². The van der Waals surface area contributed by atoms with Gasteiger partial charge in [0.1, 0.15) is 12.1 Å². The lowest BCUT2D eigenvalue weighted by molar-refractivity contribution is 1.11. The van der Waals surface area contributed by atoms with E-state index in [1.165, 1.54) is 6.20 Å². The molecular formula is C14H8N4. The van der Waals surface area contributed by atoms with E-state index >= 15 is 0 Å². The van der Waals surface area contributed by atoms with Crippen LogP contribution in [-0.4, -0.2) is 9.97 Å². The van der Waals surface area contributed by atoms with Gasteiger partial charge in [-0.15, -0.1) is 0 Å². The van der Waals surface area contributed by atoms with Crippen molar-refractivity contribution in [2.24, 2.45) is 0 Å². The highest BCUT2D eigenvalue weighted by molar-refractivity contribution is 5.67. The Labute approximate surface area is 104 Å². The van der Waals surface area contributed by atoms with Gasteiger partial charge < -0.3 is 0 Å². The first-order chi connectivity index (χ1) is 8.83. The Hall–Kier alpha value is -2.98. The number of nitriles is 2. The van der Waals surface area contributed by atoms with Crippen molar-refractivity contribution in [2.45, 2.75) is 0 Å². The molecule has 0 radical (unpaired) electrons. The van der Waals surface area contributed by atoms with Crippen LogP contribution in [0.2, 0.25) is 0 Å². The summed E-state index contributed by atoms with van der Waals surface area (Å²) in [7, 11) is 0. The number of aromatic nitrogens is 2. The molecule has 18 heavy (non-hydrogen) atoms.